The SMILES string of the molecule is CC(C)NCC1CCN(C(C)CCc2ccco2)C1. The van der Waals surface area contributed by atoms with Crippen LogP contribution in [0.25, 0.3) is 0 Å². The van der Waals surface area contributed by atoms with Crippen LogP contribution in [0.5, 0.6) is 0 Å². The van der Waals surface area contributed by atoms with Gasteiger partial charge in [0.1, 0.15) is 5.76 Å². The highest BCUT2D eigenvalue weighted by Gasteiger charge is 2.25. The van der Waals surface area contributed by atoms with E-state index in [2.05, 4.69) is 37.1 Å². The van der Waals surface area contributed by atoms with Crippen LogP contribution in [-0.2, 0) is 6.42 Å². The molecule has 1 aromatic heterocycles. The number of furan rings is 1. The first-order chi connectivity index (χ1) is 9.15. The van der Waals surface area contributed by atoms with Crippen LogP contribution in [0.4, 0.5) is 0 Å². The van der Waals surface area contributed by atoms with Crippen LogP contribution < -0.4 is 5.32 Å². The van der Waals surface area contributed by atoms with Gasteiger partial charge in [-0.1, -0.05) is 13.8 Å². The number of rotatable bonds is 7. The Kier molecular flexibility index (Phi) is 5.46. The summed E-state index contributed by atoms with van der Waals surface area (Å²) in [5.41, 5.74) is 0. The van der Waals surface area contributed by atoms with Crippen LogP contribution in [0.3, 0.4) is 0 Å². The van der Waals surface area contributed by atoms with Crippen molar-refractivity contribution in [2.45, 2.75) is 52.1 Å². The second-order valence-corrected chi connectivity index (χ2v) is 6.18. The topological polar surface area (TPSA) is 28.4 Å². The third-order valence-corrected chi connectivity index (χ3v) is 4.14. The first-order valence-corrected chi connectivity index (χ1v) is 7.65. The number of likely N-dealkylation sites (tertiary alicyclic amines) is 1. The van der Waals surface area contributed by atoms with Gasteiger partial charge in [0.25, 0.3) is 0 Å². The summed E-state index contributed by atoms with van der Waals surface area (Å²) in [6.45, 7) is 10.5. The molecule has 0 aromatic carbocycles. The fourth-order valence-electron chi connectivity index (χ4n) is 2.82. The van der Waals surface area contributed by atoms with Crippen molar-refractivity contribution >= 4 is 0 Å². The summed E-state index contributed by atoms with van der Waals surface area (Å²) in [4.78, 5) is 2.63. The molecule has 1 aromatic rings. The molecule has 1 N–H and O–H groups in total. The zero-order chi connectivity index (χ0) is 13.7. The molecule has 0 aliphatic carbocycles. The lowest BCUT2D eigenvalue weighted by Crippen LogP contribution is -2.34. The van der Waals surface area contributed by atoms with E-state index >= 15 is 0 Å². The summed E-state index contributed by atoms with van der Waals surface area (Å²) in [7, 11) is 0. The maximum absolute atomic E-state index is 5.40. The molecule has 0 saturated carbocycles. The molecule has 0 radical (unpaired) electrons. The average Bonchev–Trinajstić information content (AvgIpc) is 3.04. The van der Waals surface area contributed by atoms with E-state index in [4.69, 9.17) is 4.42 Å². The molecule has 108 valence electrons. The van der Waals surface area contributed by atoms with Gasteiger partial charge in [-0.2, -0.15) is 0 Å². The second kappa shape index (κ2) is 7.11. The van der Waals surface area contributed by atoms with E-state index in [1.807, 2.05) is 6.07 Å². The van der Waals surface area contributed by atoms with E-state index < -0.39 is 0 Å². The quantitative estimate of drug-likeness (QED) is 0.821. The van der Waals surface area contributed by atoms with Gasteiger partial charge in [-0.25, -0.2) is 0 Å². The standard InChI is InChI=1S/C16H28N2O/c1-13(2)17-11-15-8-9-18(12-15)14(3)6-7-16-5-4-10-19-16/h4-5,10,13-15,17H,6-9,11-12H2,1-3H3. The minimum atomic E-state index is 0.602. The molecule has 1 aliphatic heterocycles. The van der Waals surface area contributed by atoms with Crippen LogP contribution in [-0.4, -0.2) is 36.6 Å². The van der Waals surface area contributed by atoms with E-state index in [1.165, 1.54) is 32.5 Å². The summed E-state index contributed by atoms with van der Waals surface area (Å²) in [5.74, 6) is 1.94. The van der Waals surface area contributed by atoms with Crippen molar-refractivity contribution in [3.05, 3.63) is 24.2 Å². The van der Waals surface area contributed by atoms with Gasteiger partial charge in [0.15, 0.2) is 0 Å². The monoisotopic (exact) mass is 264 g/mol. The Labute approximate surface area is 117 Å². The zero-order valence-corrected chi connectivity index (χ0v) is 12.6. The summed E-state index contributed by atoms with van der Waals surface area (Å²) >= 11 is 0. The first kappa shape index (κ1) is 14.6. The maximum atomic E-state index is 5.40. The molecule has 2 rings (SSSR count). The molecule has 1 aliphatic rings. The number of aryl methyl sites for hydroxylation is 1. The van der Waals surface area contributed by atoms with E-state index in [9.17, 15) is 0 Å². The van der Waals surface area contributed by atoms with Crippen molar-refractivity contribution in [3.63, 3.8) is 0 Å². The molecule has 0 spiro atoms. The maximum Gasteiger partial charge on any atom is 0.103 e. The van der Waals surface area contributed by atoms with Crippen molar-refractivity contribution in [1.29, 1.82) is 0 Å². The molecule has 3 nitrogen and oxygen atoms in total. The number of hydrogen-bond acceptors (Lipinski definition) is 3. The lowest BCUT2D eigenvalue weighted by molar-refractivity contribution is 0.234. The summed E-state index contributed by atoms with van der Waals surface area (Å²) < 4.78 is 5.40. The van der Waals surface area contributed by atoms with Gasteiger partial charge in [-0.05, 0) is 50.9 Å². The third kappa shape index (κ3) is 4.66. The summed E-state index contributed by atoms with van der Waals surface area (Å²) in [6, 6.07) is 5.31. The summed E-state index contributed by atoms with van der Waals surface area (Å²) in [6.07, 6.45) is 5.35. The first-order valence-electron chi connectivity index (χ1n) is 7.65. The van der Waals surface area contributed by atoms with Crippen molar-refractivity contribution in [2.75, 3.05) is 19.6 Å². The third-order valence-electron chi connectivity index (χ3n) is 4.14. The molecular formula is C16H28N2O. The fraction of sp³-hybridized carbons (Fsp3) is 0.750. The van der Waals surface area contributed by atoms with Crippen LogP contribution in [0.1, 0.15) is 39.4 Å². The number of nitrogens with one attached hydrogen (secondary N) is 1. The predicted octanol–water partition coefficient (Wildman–Crippen LogP) is 2.92. The Morgan fingerprint density at radius 3 is 2.95 bits per heavy atom. The van der Waals surface area contributed by atoms with Gasteiger partial charge < -0.3 is 14.6 Å². The lowest BCUT2D eigenvalue weighted by atomic mass is 10.1. The molecule has 1 fully saturated rings. The van der Waals surface area contributed by atoms with Crippen LogP contribution >= 0.6 is 0 Å². The Morgan fingerprint density at radius 1 is 1.42 bits per heavy atom. The van der Waals surface area contributed by atoms with Crippen molar-refractivity contribution in [2.24, 2.45) is 5.92 Å². The van der Waals surface area contributed by atoms with E-state index in [0.29, 0.717) is 12.1 Å². The Bertz CT molecular complexity index is 348. The fourth-order valence-corrected chi connectivity index (χ4v) is 2.82. The lowest BCUT2D eigenvalue weighted by Gasteiger charge is -2.24. The van der Waals surface area contributed by atoms with Gasteiger partial charge in [-0.15, -0.1) is 0 Å². The average molecular weight is 264 g/mol. The van der Waals surface area contributed by atoms with E-state index in [-0.39, 0.29) is 0 Å². The normalized spacial score (nSPS) is 22.2. The van der Waals surface area contributed by atoms with Gasteiger partial charge in [0, 0.05) is 25.0 Å². The van der Waals surface area contributed by atoms with E-state index in [0.717, 1.165) is 18.1 Å². The highest BCUT2D eigenvalue weighted by Crippen LogP contribution is 2.20. The Balaban J connectivity index is 1.68. The molecule has 0 bridgehead atoms. The van der Waals surface area contributed by atoms with Crippen LogP contribution in [0.2, 0.25) is 0 Å². The van der Waals surface area contributed by atoms with Crippen LogP contribution in [0.15, 0.2) is 22.8 Å². The van der Waals surface area contributed by atoms with Gasteiger partial charge in [0.2, 0.25) is 0 Å². The minimum absolute atomic E-state index is 0.602. The molecule has 1 saturated heterocycles. The second-order valence-electron chi connectivity index (χ2n) is 6.18. The molecule has 2 heterocycles. The summed E-state index contributed by atoms with van der Waals surface area (Å²) in [5, 5.41) is 3.56. The smallest absolute Gasteiger partial charge is 0.103 e. The highest BCUT2D eigenvalue weighted by atomic mass is 16.3. The van der Waals surface area contributed by atoms with Gasteiger partial charge >= 0.3 is 0 Å². The molecule has 2 atom stereocenters. The Hall–Kier alpha value is -0.800. The minimum Gasteiger partial charge on any atom is -0.469 e. The van der Waals surface area contributed by atoms with Crippen molar-refractivity contribution < 1.29 is 4.42 Å². The van der Waals surface area contributed by atoms with Crippen LogP contribution in [0, 0.1) is 5.92 Å². The largest absolute Gasteiger partial charge is 0.469 e. The number of nitrogens with zero attached hydrogens (tertiary/aromatic N) is 1. The highest BCUT2D eigenvalue weighted by molar-refractivity contribution is 4.98. The molecular weight excluding hydrogens is 236 g/mol. The zero-order valence-electron chi connectivity index (χ0n) is 12.6. The molecule has 19 heavy (non-hydrogen) atoms. The van der Waals surface area contributed by atoms with E-state index in [1.54, 1.807) is 6.26 Å². The Morgan fingerprint density at radius 2 is 2.26 bits per heavy atom. The molecule has 0 amide bonds. The molecule has 3 heteroatoms. The number of hydrogen-bond donors (Lipinski definition) is 1. The van der Waals surface area contributed by atoms with Gasteiger partial charge in [0.05, 0.1) is 6.26 Å². The van der Waals surface area contributed by atoms with Gasteiger partial charge in [-0.3, -0.25) is 0 Å². The van der Waals surface area contributed by atoms with Crippen molar-refractivity contribution in [1.82, 2.24) is 10.2 Å². The molecule has 2 unspecified atom stereocenters. The van der Waals surface area contributed by atoms with Crippen molar-refractivity contribution in [3.8, 4) is 0 Å². The predicted molar refractivity (Wildman–Crippen MR) is 79.3 cm³/mol.